The van der Waals surface area contributed by atoms with Gasteiger partial charge in [0, 0.05) is 30.8 Å². The molecule has 25 heavy (non-hydrogen) atoms. The van der Waals surface area contributed by atoms with Crippen LogP contribution in [0.4, 0.5) is 10.6 Å². The van der Waals surface area contributed by atoms with Gasteiger partial charge in [0.15, 0.2) is 0 Å². The van der Waals surface area contributed by atoms with Crippen molar-refractivity contribution in [2.45, 2.75) is 45.3 Å². The number of hydrogen-bond acceptors (Lipinski definition) is 6. The third-order valence-corrected chi connectivity index (χ3v) is 4.01. The molecule has 0 radical (unpaired) electrons. The van der Waals surface area contributed by atoms with Crippen molar-refractivity contribution in [3.63, 3.8) is 0 Å². The predicted molar refractivity (Wildman–Crippen MR) is 94.3 cm³/mol. The van der Waals surface area contributed by atoms with E-state index in [0.29, 0.717) is 0 Å². The highest BCUT2D eigenvalue weighted by atomic mass is 16.6. The Kier molecular flexibility index (Phi) is 4.92. The number of rotatable bonds is 3. The second kappa shape index (κ2) is 7.13. The van der Waals surface area contributed by atoms with E-state index in [-0.39, 0.29) is 12.1 Å². The number of amides is 1. The van der Waals surface area contributed by atoms with Crippen molar-refractivity contribution in [1.82, 2.24) is 15.3 Å². The van der Waals surface area contributed by atoms with Gasteiger partial charge >= 0.3 is 6.09 Å². The summed E-state index contributed by atoms with van der Waals surface area (Å²) in [5.41, 5.74) is 1.30. The average molecular weight is 344 g/mol. The smallest absolute Gasteiger partial charge is 0.407 e. The van der Waals surface area contributed by atoms with E-state index in [9.17, 15) is 4.79 Å². The molecule has 0 spiro atoms. The van der Waals surface area contributed by atoms with Gasteiger partial charge in [-0.2, -0.15) is 0 Å². The first kappa shape index (κ1) is 17.3. The Morgan fingerprint density at radius 3 is 2.72 bits per heavy atom. The van der Waals surface area contributed by atoms with Gasteiger partial charge in [0.1, 0.15) is 17.7 Å². The van der Waals surface area contributed by atoms with E-state index in [1.807, 2.05) is 32.9 Å². The molecule has 0 bridgehead atoms. The highest BCUT2D eigenvalue weighted by molar-refractivity contribution is 5.68. The molecule has 0 aliphatic carbocycles. The van der Waals surface area contributed by atoms with Crippen LogP contribution < -0.4 is 10.2 Å². The zero-order valence-corrected chi connectivity index (χ0v) is 14.9. The Labute approximate surface area is 147 Å². The zero-order chi connectivity index (χ0) is 17.9. The number of hydrogen-bond donors (Lipinski definition) is 1. The highest BCUT2D eigenvalue weighted by Gasteiger charge is 2.24. The third kappa shape index (κ3) is 4.71. The molecule has 1 amide bonds. The molecule has 3 heterocycles. The third-order valence-electron chi connectivity index (χ3n) is 4.01. The van der Waals surface area contributed by atoms with Gasteiger partial charge in [-0.25, -0.2) is 14.8 Å². The highest BCUT2D eigenvalue weighted by Crippen LogP contribution is 2.23. The zero-order valence-electron chi connectivity index (χ0n) is 14.9. The van der Waals surface area contributed by atoms with Gasteiger partial charge in [-0.3, -0.25) is 0 Å². The summed E-state index contributed by atoms with van der Waals surface area (Å²) in [7, 11) is 0. The summed E-state index contributed by atoms with van der Waals surface area (Å²) in [5, 5.41) is 2.95. The Morgan fingerprint density at radius 1 is 1.32 bits per heavy atom. The van der Waals surface area contributed by atoms with Crippen LogP contribution in [0.25, 0.3) is 11.3 Å². The Morgan fingerprint density at radius 2 is 2.08 bits per heavy atom. The number of piperidine rings is 1. The van der Waals surface area contributed by atoms with Crippen molar-refractivity contribution in [3.8, 4) is 11.3 Å². The van der Waals surface area contributed by atoms with Crippen LogP contribution in [0.1, 0.15) is 33.6 Å². The van der Waals surface area contributed by atoms with Crippen LogP contribution in [-0.4, -0.2) is 40.8 Å². The topological polar surface area (TPSA) is 80.5 Å². The quantitative estimate of drug-likeness (QED) is 0.921. The second-order valence-corrected chi connectivity index (χ2v) is 7.18. The normalized spacial score (nSPS) is 15.9. The molecular formula is C18H24N4O3. The standard InChI is InChI=1S/C18H24N4O3/c1-18(2,3)25-17(23)21-14-4-7-22(8-5-14)16-10-15(19-12-20-16)13-6-9-24-11-13/h6,9-12,14H,4-5,7-8H2,1-3H3,(H,21,23). The molecule has 2 aromatic heterocycles. The molecule has 0 atom stereocenters. The van der Waals surface area contributed by atoms with Crippen molar-refractivity contribution < 1.29 is 13.9 Å². The van der Waals surface area contributed by atoms with Gasteiger partial charge in [-0.15, -0.1) is 0 Å². The van der Waals surface area contributed by atoms with E-state index in [4.69, 9.17) is 9.15 Å². The number of aromatic nitrogens is 2. The van der Waals surface area contributed by atoms with Gasteiger partial charge < -0.3 is 19.4 Å². The van der Waals surface area contributed by atoms with E-state index in [0.717, 1.165) is 43.0 Å². The van der Waals surface area contributed by atoms with E-state index in [1.54, 1.807) is 18.9 Å². The van der Waals surface area contributed by atoms with E-state index < -0.39 is 5.60 Å². The molecule has 134 valence electrons. The fraction of sp³-hybridized carbons (Fsp3) is 0.500. The minimum atomic E-state index is -0.477. The van der Waals surface area contributed by atoms with Crippen LogP contribution in [0.2, 0.25) is 0 Å². The molecule has 0 saturated carbocycles. The summed E-state index contributed by atoms with van der Waals surface area (Å²) in [5.74, 6) is 0.891. The maximum atomic E-state index is 11.9. The second-order valence-electron chi connectivity index (χ2n) is 7.18. The fourth-order valence-corrected chi connectivity index (χ4v) is 2.82. The van der Waals surface area contributed by atoms with Gasteiger partial charge in [-0.1, -0.05) is 0 Å². The summed E-state index contributed by atoms with van der Waals surface area (Å²) in [6, 6.07) is 3.97. The number of carbonyl (C=O) groups is 1. The lowest BCUT2D eigenvalue weighted by Gasteiger charge is -2.33. The molecule has 1 aliphatic heterocycles. The Bertz CT molecular complexity index is 701. The van der Waals surface area contributed by atoms with Gasteiger partial charge in [0.25, 0.3) is 0 Å². The van der Waals surface area contributed by atoms with Gasteiger partial charge in [-0.05, 0) is 39.7 Å². The van der Waals surface area contributed by atoms with Gasteiger partial charge in [0.2, 0.25) is 0 Å². The van der Waals surface area contributed by atoms with Crippen LogP contribution in [0.3, 0.4) is 0 Å². The fourth-order valence-electron chi connectivity index (χ4n) is 2.82. The summed E-state index contributed by atoms with van der Waals surface area (Å²) in [4.78, 5) is 22.8. The summed E-state index contributed by atoms with van der Waals surface area (Å²) < 4.78 is 10.4. The maximum Gasteiger partial charge on any atom is 0.407 e. The first-order valence-electron chi connectivity index (χ1n) is 8.50. The van der Waals surface area contributed by atoms with Crippen LogP contribution in [-0.2, 0) is 4.74 Å². The lowest BCUT2D eigenvalue weighted by Crippen LogP contribution is -2.46. The largest absolute Gasteiger partial charge is 0.472 e. The molecule has 1 aliphatic rings. The van der Waals surface area contributed by atoms with Crippen molar-refractivity contribution in [2.24, 2.45) is 0 Å². The lowest BCUT2D eigenvalue weighted by atomic mass is 10.1. The van der Waals surface area contributed by atoms with E-state index in [2.05, 4.69) is 20.2 Å². The monoisotopic (exact) mass is 344 g/mol. The van der Waals surface area contributed by atoms with Crippen molar-refractivity contribution in [3.05, 3.63) is 31.0 Å². The maximum absolute atomic E-state index is 11.9. The molecule has 1 saturated heterocycles. The van der Waals surface area contributed by atoms with Crippen molar-refractivity contribution in [1.29, 1.82) is 0 Å². The minimum Gasteiger partial charge on any atom is -0.472 e. The first-order valence-corrected chi connectivity index (χ1v) is 8.50. The van der Waals surface area contributed by atoms with Gasteiger partial charge in [0.05, 0.1) is 18.2 Å². The molecule has 7 nitrogen and oxygen atoms in total. The molecule has 1 fully saturated rings. The predicted octanol–water partition coefficient (Wildman–Crippen LogP) is 3.23. The Hall–Kier alpha value is -2.57. The van der Waals surface area contributed by atoms with E-state index in [1.165, 1.54) is 0 Å². The number of nitrogens with one attached hydrogen (secondary N) is 1. The minimum absolute atomic E-state index is 0.126. The van der Waals surface area contributed by atoms with Crippen LogP contribution >= 0.6 is 0 Å². The summed E-state index contributed by atoms with van der Waals surface area (Å²) in [6.45, 7) is 7.23. The molecule has 1 N–H and O–H groups in total. The Balaban J connectivity index is 1.56. The number of furan rings is 1. The lowest BCUT2D eigenvalue weighted by molar-refractivity contribution is 0.0497. The van der Waals surface area contributed by atoms with E-state index >= 15 is 0 Å². The summed E-state index contributed by atoms with van der Waals surface area (Å²) in [6.07, 6.45) is 6.22. The molecule has 7 heteroatoms. The number of nitrogens with zero attached hydrogens (tertiary/aromatic N) is 3. The van der Waals surface area contributed by atoms with Crippen LogP contribution in [0.15, 0.2) is 35.4 Å². The SMILES string of the molecule is CC(C)(C)OC(=O)NC1CCN(c2cc(-c3ccoc3)ncn2)CC1. The number of ether oxygens (including phenoxy) is 1. The van der Waals surface area contributed by atoms with Crippen LogP contribution in [0.5, 0.6) is 0 Å². The number of carbonyl (C=O) groups excluding carboxylic acids is 1. The molecular weight excluding hydrogens is 320 g/mol. The number of alkyl carbamates (subject to hydrolysis) is 1. The van der Waals surface area contributed by atoms with Crippen molar-refractivity contribution in [2.75, 3.05) is 18.0 Å². The molecule has 2 aromatic rings. The molecule has 3 rings (SSSR count). The molecule has 0 aromatic carbocycles. The average Bonchev–Trinajstić information content (AvgIpc) is 3.08. The van der Waals surface area contributed by atoms with Crippen molar-refractivity contribution >= 4 is 11.9 Å². The first-order chi connectivity index (χ1) is 11.9. The molecule has 0 unspecified atom stereocenters. The van der Waals surface area contributed by atoms with Crippen LogP contribution in [0, 0.1) is 0 Å². The summed E-state index contributed by atoms with van der Waals surface area (Å²) >= 11 is 0. The number of anilines is 1.